The fourth-order valence-electron chi connectivity index (χ4n) is 3.47. The van der Waals surface area contributed by atoms with Crippen LogP contribution in [0.3, 0.4) is 0 Å². The van der Waals surface area contributed by atoms with Crippen LogP contribution in [0.2, 0.25) is 0 Å². The maximum atomic E-state index is 14.0. The molecule has 1 unspecified atom stereocenters. The summed E-state index contributed by atoms with van der Waals surface area (Å²) in [5.74, 6) is 1.68. The highest BCUT2D eigenvalue weighted by Gasteiger charge is 2.25. The van der Waals surface area contributed by atoms with Crippen LogP contribution in [0.4, 0.5) is 10.2 Å². The molecule has 0 aliphatic carbocycles. The summed E-state index contributed by atoms with van der Waals surface area (Å²) < 4.78 is 19.8. The largest absolute Gasteiger partial charge is 0.459 e. The number of hydrogen-bond donors (Lipinski definition) is 2. The number of nitrogens with one attached hydrogen (secondary N) is 2. The highest BCUT2D eigenvalue weighted by Crippen LogP contribution is 2.21. The number of aliphatic imine (C=N–C) groups is 1. The molecule has 1 atom stereocenters. The van der Waals surface area contributed by atoms with Gasteiger partial charge in [0.15, 0.2) is 17.6 Å². The average molecular weight is 509 g/mol. The van der Waals surface area contributed by atoms with Gasteiger partial charge in [-0.15, -0.1) is 24.0 Å². The lowest BCUT2D eigenvalue weighted by molar-refractivity contribution is 0.550. The maximum Gasteiger partial charge on any atom is 0.191 e. The van der Waals surface area contributed by atoms with Gasteiger partial charge in [0, 0.05) is 37.3 Å². The van der Waals surface area contributed by atoms with E-state index >= 15 is 0 Å². The summed E-state index contributed by atoms with van der Waals surface area (Å²) in [4.78, 5) is 10.8. The molecule has 1 saturated heterocycles. The molecule has 4 rings (SSSR count). The summed E-state index contributed by atoms with van der Waals surface area (Å²) in [7, 11) is 0. The van der Waals surface area contributed by atoms with Gasteiger partial charge in [-0.05, 0) is 37.6 Å². The van der Waals surface area contributed by atoms with Crippen molar-refractivity contribution < 1.29 is 8.81 Å². The first-order valence-corrected chi connectivity index (χ1v) is 9.60. The molecule has 0 spiro atoms. The van der Waals surface area contributed by atoms with Gasteiger partial charge < -0.3 is 20.0 Å². The zero-order chi connectivity index (χ0) is 19.3. The van der Waals surface area contributed by atoms with E-state index in [0.29, 0.717) is 18.9 Å². The summed E-state index contributed by atoms with van der Waals surface area (Å²) in [5, 5.41) is 7.79. The summed E-state index contributed by atoms with van der Waals surface area (Å²) in [5.41, 5.74) is 0.870. The number of anilines is 1. The van der Waals surface area contributed by atoms with Crippen molar-refractivity contribution in [2.45, 2.75) is 25.9 Å². The van der Waals surface area contributed by atoms with Gasteiger partial charge in [-0.1, -0.05) is 18.2 Å². The smallest absolute Gasteiger partial charge is 0.191 e. The standard InChI is InChI=1S/C21H24FN5O.HI/c1-2-23-21(25-13-17-12-15-6-3-4-8-19(15)28-17)26-16-9-11-27(14-16)20-18(22)7-5-10-24-20;/h3-8,10,12,16H,2,9,11,13-14H2,1H3,(H2,23,25,26);1H. The number of guanidine groups is 1. The molecule has 6 nitrogen and oxygen atoms in total. The first-order chi connectivity index (χ1) is 13.7. The number of hydrogen-bond acceptors (Lipinski definition) is 4. The van der Waals surface area contributed by atoms with Gasteiger partial charge in [0.2, 0.25) is 0 Å². The summed E-state index contributed by atoms with van der Waals surface area (Å²) in [6.45, 7) is 4.69. The van der Waals surface area contributed by atoms with Crippen molar-refractivity contribution in [3.63, 3.8) is 0 Å². The van der Waals surface area contributed by atoms with Crippen molar-refractivity contribution in [1.29, 1.82) is 0 Å². The van der Waals surface area contributed by atoms with E-state index in [-0.39, 0.29) is 35.8 Å². The summed E-state index contributed by atoms with van der Waals surface area (Å²) in [6.07, 6.45) is 2.52. The van der Waals surface area contributed by atoms with Crippen molar-refractivity contribution in [3.05, 3.63) is 60.2 Å². The quantitative estimate of drug-likeness (QED) is 0.310. The van der Waals surface area contributed by atoms with Crippen LogP contribution in [0.1, 0.15) is 19.1 Å². The minimum Gasteiger partial charge on any atom is -0.459 e. The van der Waals surface area contributed by atoms with E-state index in [1.54, 1.807) is 12.3 Å². The van der Waals surface area contributed by atoms with Crippen molar-refractivity contribution in [1.82, 2.24) is 15.6 Å². The van der Waals surface area contributed by atoms with Crippen LogP contribution in [0.5, 0.6) is 0 Å². The third-order valence-corrected chi connectivity index (χ3v) is 4.78. The van der Waals surface area contributed by atoms with Crippen LogP contribution >= 0.6 is 24.0 Å². The van der Waals surface area contributed by atoms with Crippen molar-refractivity contribution >= 4 is 46.7 Å². The van der Waals surface area contributed by atoms with Crippen LogP contribution < -0.4 is 15.5 Å². The first kappa shape index (κ1) is 21.4. The number of benzene rings is 1. The Kier molecular flexibility index (Phi) is 7.29. The molecule has 1 aliphatic rings. The van der Waals surface area contributed by atoms with E-state index in [9.17, 15) is 4.39 Å². The zero-order valence-corrected chi connectivity index (χ0v) is 18.6. The Hall–Kier alpha value is -2.36. The van der Waals surface area contributed by atoms with Gasteiger partial charge in [0.05, 0.1) is 0 Å². The van der Waals surface area contributed by atoms with E-state index in [4.69, 9.17) is 4.42 Å². The van der Waals surface area contributed by atoms with Crippen LogP contribution in [-0.4, -0.2) is 36.6 Å². The van der Waals surface area contributed by atoms with E-state index in [0.717, 1.165) is 42.2 Å². The molecule has 1 aromatic carbocycles. The Morgan fingerprint density at radius 3 is 2.97 bits per heavy atom. The zero-order valence-electron chi connectivity index (χ0n) is 16.3. The minimum atomic E-state index is -0.284. The Bertz CT molecular complexity index is 943. The third-order valence-electron chi connectivity index (χ3n) is 4.78. The third kappa shape index (κ3) is 5.17. The first-order valence-electron chi connectivity index (χ1n) is 9.60. The molecule has 0 radical (unpaired) electrons. The Labute approximate surface area is 186 Å². The predicted octanol–water partition coefficient (Wildman–Crippen LogP) is 3.92. The lowest BCUT2D eigenvalue weighted by Crippen LogP contribution is -2.44. The molecule has 8 heteroatoms. The monoisotopic (exact) mass is 509 g/mol. The summed E-state index contributed by atoms with van der Waals surface area (Å²) in [6, 6.07) is 13.2. The molecule has 0 bridgehead atoms. The van der Waals surface area contributed by atoms with Gasteiger partial charge in [0.1, 0.15) is 17.9 Å². The normalized spacial score (nSPS) is 16.7. The molecule has 0 amide bonds. The van der Waals surface area contributed by atoms with Gasteiger partial charge >= 0.3 is 0 Å². The molecular weight excluding hydrogens is 484 g/mol. The number of aromatic nitrogens is 1. The van der Waals surface area contributed by atoms with Crippen molar-refractivity contribution in [2.75, 3.05) is 24.5 Å². The molecule has 0 saturated carbocycles. The number of pyridine rings is 1. The van der Waals surface area contributed by atoms with Crippen LogP contribution in [0, 0.1) is 5.82 Å². The fourth-order valence-corrected chi connectivity index (χ4v) is 3.47. The van der Waals surface area contributed by atoms with E-state index < -0.39 is 0 Å². The number of para-hydroxylation sites is 1. The number of furan rings is 1. The van der Waals surface area contributed by atoms with Crippen LogP contribution in [0.15, 0.2) is 58.1 Å². The van der Waals surface area contributed by atoms with Crippen LogP contribution in [0.25, 0.3) is 11.0 Å². The maximum absolute atomic E-state index is 14.0. The molecule has 3 aromatic rings. The number of fused-ring (bicyclic) bond motifs is 1. The van der Waals surface area contributed by atoms with Crippen molar-refractivity contribution in [3.8, 4) is 0 Å². The van der Waals surface area contributed by atoms with Crippen LogP contribution in [-0.2, 0) is 6.54 Å². The number of nitrogens with zero attached hydrogens (tertiary/aromatic N) is 3. The molecule has 2 N–H and O–H groups in total. The molecule has 1 aliphatic heterocycles. The Morgan fingerprint density at radius 2 is 2.17 bits per heavy atom. The van der Waals surface area contributed by atoms with Crippen molar-refractivity contribution in [2.24, 2.45) is 4.99 Å². The van der Waals surface area contributed by atoms with E-state index in [1.807, 2.05) is 42.2 Å². The molecule has 154 valence electrons. The second-order valence-electron chi connectivity index (χ2n) is 6.83. The highest BCUT2D eigenvalue weighted by atomic mass is 127. The topological polar surface area (TPSA) is 65.7 Å². The predicted molar refractivity (Wildman–Crippen MR) is 124 cm³/mol. The van der Waals surface area contributed by atoms with E-state index in [2.05, 4.69) is 20.6 Å². The second kappa shape index (κ2) is 9.91. The highest BCUT2D eigenvalue weighted by molar-refractivity contribution is 14.0. The average Bonchev–Trinajstić information content (AvgIpc) is 3.33. The Balaban J connectivity index is 0.00000240. The SMILES string of the molecule is CCNC(=NCc1cc2ccccc2o1)NC1CCN(c2ncccc2F)C1.I. The van der Waals surface area contributed by atoms with Gasteiger partial charge in [-0.3, -0.25) is 0 Å². The number of rotatable bonds is 5. The lowest BCUT2D eigenvalue weighted by Gasteiger charge is -2.19. The molecule has 1 fully saturated rings. The second-order valence-corrected chi connectivity index (χ2v) is 6.83. The summed E-state index contributed by atoms with van der Waals surface area (Å²) >= 11 is 0. The van der Waals surface area contributed by atoms with Gasteiger partial charge in [0.25, 0.3) is 0 Å². The number of halogens is 2. The van der Waals surface area contributed by atoms with E-state index in [1.165, 1.54) is 6.07 Å². The minimum absolute atomic E-state index is 0. The fraction of sp³-hybridized carbons (Fsp3) is 0.333. The molecule has 3 heterocycles. The lowest BCUT2D eigenvalue weighted by atomic mass is 10.2. The molecule has 2 aromatic heterocycles. The van der Waals surface area contributed by atoms with Gasteiger partial charge in [-0.2, -0.15) is 0 Å². The van der Waals surface area contributed by atoms with Gasteiger partial charge in [-0.25, -0.2) is 14.4 Å². The molecular formula is C21H25FIN5O. The Morgan fingerprint density at radius 1 is 1.31 bits per heavy atom. The molecule has 29 heavy (non-hydrogen) atoms.